The van der Waals surface area contributed by atoms with Crippen LogP contribution in [0.1, 0.15) is 54.3 Å². The Morgan fingerprint density at radius 3 is 2.17 bits per heavy atom. The van der Waals surface area contributed by atoms with Crippen LogP contribution in [0.5, 0.6) is 11.5 Å². The topological polar surface area (TPSA) is 153 Å². The number of unbranched alkanes of at least 4 members (excludes halogenated alkanes) is 3. The Kier molecular flexibility index (Phi) is 18.6. The van der Waals surface area contributed by atoms with Gasteiger partial charge in [0, 0.05) is 51.9 Å². The Hall–Kier alpha value is -6.60. The van der Waals surface area contributed by atoms with Crippen molar-refractivity contribution in [2.75, 3.05) is 0 Å². The van der Waals surface area contributed by atoms with E-state index in [-0.39, 0.29) is 30.9 Å². The third-order valence-electron chi connectivity index (χ3n) is 9.10. The minimum atomic E-state index is -4.50. The fraction of sp³-hybridized carbons (Fsp3) is 0.149. The molecule has 0 bridgehead atoms. The predicted octanol–water partition coefficient (Wildman–Crippen LogP) is 11.5. The van der Waals surface area contributed by atoms with E-state index in [1.165, 1.54) is 40.9 Å². The van der Waals surface area contributed by atoms with E-state index in [4.69, 9.17) is 14.9 Å². The van der Waals surface area contributed by atoms with Crippen molar-refractivity contribution in [2.45, 2.75) is 45.2 Å². The number of hydrogen-bond donors (Lipinski definition) is 0. The molecule has 0 amide bonds. The van der Waals surface area contributed by atoms with Gasteiger partial charge in [-0.1, -0.05) is 74.1 Å². The molecule has 8 aromatic rings. The van der Waals surface area contributed by atoms with E-state index in [9.17, 15) is 22.8 Å². The van der Waals surface area contributed by atoms with E-state index < -0.39 is 11.9 Å². The zero-order valence-corrected chi connectivity index (χ0v) is 38.3. The summed E-state index contributed by atoms with van der Waals surface area (Å²) < 4.78 is 49.3. The number of thiocarbonyl (C=S) groups is 1. The van der Waals surface area contributed by atoms with E-state index >= 15 is 0 Å². The fourth-order valence-corrected chi connectivity index (χ4v) is 8.07. The van der Waals surface area contributed by atoms with Crippen LogP contribution in [0.4, 0.5) is 13.2 Å². The number of rotatable bonds is 13. The van der Waals surface area contributed by atoms with Crippen molar-refractivity contribution in [1.29, 1.82) is 0 Å². The molecule has 0 spiro atoms. The molecule has 0 saturated heterocycles. The predicted molar refractivity (Wildman–Crippen MR) is 245 cm³/mol. The first kappa shape index (κ1) is 49.4. The average Bonchev–Trinajstić information content (AvgIpc) is 4.09. The fourth-order valence-electron chi connectivity index (χ4n) is 6.20. The van der Waals surface area contributed by atoms with Crippen LogP contribution >= 0.6 is 34.9 Å². The second-order valence-corrected chi connectivity index (χ2v) is 15.6. The summed E-state index contributed by atoms with van der Waals surface area (Å²) in [6.45, 7) is 2.85. The molecular weight excluding hydrogens is 981 g/mol. The van der Waals surface area contributed by atoms with E-state index in [0.717, 1.165) is 45.2 Å². The SMILES string of the molecule is CCCCCCc1ccsc1-c1ccnc(-c2cc(C(F)(F)F)n[n-]2)c1.O=COc1ccnc(-c2cc(OC=O)cc(-c3cc(C#Cc4cc5ccccc5s4)ccn3)n2)c1.[N-]=C=S.[Ru+2]. The monoisotopic (exact) mass is 1020 g/mol. The molecule has 0 saturated carbocycles. The van der Waals surface area contributed by atoms with Gasteiger partial charge in [-0.25, -0.2) is 4.98 Å². The first-order valence-corrected chi connectivity index (χ1v) is 21.5. The van der Waals surface area contributed by atoms with Crippen LogP contribution in [0.2, 0.25) is 0 Å². The first-order chi connectivity index (χ1) is 31.1. The molecule has 0 fully saturated rings. The van der Waals surface area contributed by atoms with E-state index in [2.05, 4.69) is 90.8 Å². The third-order valence-corrected chi connectivity index (χ3v) is 11.1. The molecule has 0 aliphatic carbocycles. The minimum Gasteiger partial charge on any atom is -0.753 e. The van der Waals surface area contributed by atoms with Crippen molar-refractivity contribution in [3.05, 3.63) is 142 Å². The van der Waals surface area contributed by atoms with Crippen LogP contribution in [0.15, 0.2) is 115 Å². The number of nitrogens with zero attached hydrogens (tertiary/aromatic N) is 7. The number of carbonyl (C=O) groups is 2. The van der Waals surface area contributed by atoms with Gasteiger partial charge in [0.1, 0.15) is 17.2 Å². The van der Waals surface area contributed by atoms with Gasteiger partial charge in [-0.3, -0.25) is 24.5 Å². The summed E-state index contributed by atoms with van der Waals surface area (Å²) in [7, 11) is 0. The molecule has 65 heavy (non-hydrogen) atoms. The Balaban J connectivity index is 0.000000236. The van der Waals surface area contributed by atoms with Crippen LogP contribution < -0.4 is 14.6 Å². The minimum absolute atomic E-state index is 0. The van der Waals surface area contributed by atoms with Gasteiger partial charge < -0.3 is 25.1 Å². The second kappa shape index (κ2) is 24.5. The average molecular weight is 1020 g/mol. The summed E-state index contributed by atoms with van der Waals surface area (Å²) in [5, 5.41) is 18.5. The van der Waals surface area contributed by atoms with Gasteiger partial charge >= 0.3 is 25.7 Å². The maximum absolute atomic E-state index is 12.7. The van der Waals surface area contributed by atoms with Crippen molar-refractivity contribution in [1.82, 2.24) is 30.1 Å². The van der Waals surface area contributed by atoms with Gasteiger partial charge in [0.05, 0.1) is 33.3 Å². The summed E-state index contributed by atoms with van der Waals surface area (Å²) in [5.74, 6) is 6.98. The zero-order chi connectivity index (χ0) is 45.3. The van der Waals surface area contributed by atoms with Crippen molar-refractivity contribution < 1.29 is 51.7 Å². The summed E-state index contributed by atoms with van der Waals surface area (Å²) in [6, 6.07) is 26.9. The number of halogens is 3. The molecule has 8 rings (SSSR count). The number of isothiocyanates is 1. The van der Waals surface area contributed by atoms with Gasteiger partial charge in [0.15, 0.2) is 0 Å². The first-order valence-electron chi connectivity index (χ1n) is 19.4. The van der Waals surface area contributed by atoms with Crippen molar-refractivity contribution in [2.24, 2.45) is 0 Å². The quantitative estimate of drug-likeness (QED) is 0.0271. The maximum atomic E-state index is 12.7. The number of aromatic nitrogens is 6. The number of pyridine rings is 4. The largest absolute Gasteiger partial charge is 2.00 e. The maximum Gasteiger partial charge on any atom is 2.00 e. The van der Waals surface area contributed by atoms with Crippen LogP contribution in [0.3, 0.4) is 0 Å². The number of carbonyl (C=O) groups excluding carboxylic acids is 2. The molecular formula is C47H34F3N7O4RuS3. The van der Waals surface area contributed by atoms with Crippen LogP contribution in [0.25, 0.3) is 60.1 Å². The van der Waals surface area contributed by atoms with Crippen molar-refractivity contribution >= 4 is 63.1 Å². The molecule has 11 nitrogen and oxygen atoms in total. The van der Waals surface area contributed by atoms with Crippen LogP contribution in [0, 0.1) is 11.8 Å². The number of hydrogen-bond acceptors (Lipinski definition) is 12. The molecule has 0 radical (unpaired) electrons. The molecule has 7 heterocycles. The third kappa shape index (κ3) is 13.9. The molecule has 0 unspecified atom stereocenters. The Bertz CT molecular complexity index is 2920. The van der Waals surface area contributed by atoms with Gasteiger partial charge in [0.2, 0.25) is 0 Å². The van der Waals surface area contributed by atoms with E-state index in [0.29, 0.717) is 47.2 Å². The number of benzene rings is 1. The number of ether oxygens (including phenoxy) is 2. The molecule has 0 aliphatic heterocycles. The van der Waals surface area contributed by atoms with Crippen molar-refractivity contribution in [3.8, 4) is 67.9 Å². The van der Waals surface area contributed by atoms with Crippen LogP contribution in [-0.4, -0.2) is 43.1 Å². The van der Waals surface area contributed by atoms with Gasteiger partial charge in [-0.2, -0.15) is 18.3 Å². The second-order valence-electron chi connectivity index (χ2n) is 13.4. The molecule has 1 aromatic carbocycles. The molecule has 7 aromatic heterocycles. The summed E-state index contributed by atoms with van der Waals surface area (Å²) in [4.78, 5) is 41.3. The molecule has 0 atom stereocenters. The van der Waals surface area contributed by atoms with Gasteiger partial charge in [-0.15, -0.1) is 22.7 Å². The normalized spacial score (nSPS) is 10.4. The summed E-state index contributed by atoms with van der Waals surface area (Å²) in [5.41, 5.74) is 4.39. The standard InChI is InChI=1S/C27H15N3O4S.C19H19F3N3S.CNS.Ru/c31-16-33-20-8-10-29-24(13-20)26-15-21(34-17-32)14-25(30-26)23-11-18(7-9-28-23)5-6-22-12-19-3-1-2-4-27(19)35-22;1-2-3-4-5-6-13-8-10-26-18(13)14-7-9-23-15(11-14)16-12-17(25-24-16)19(20,21)22;2-1-3;/h1-4,7-17H;7-12H,2-6H2,1H3;;/q;2*-1;+2. The van der Waals surface area contributed by atoms with Crippen molar-refractivity contribution in [3.63, 3.8) is 0 Å². The summed E-state index contributed by atoms with van der Waals surface area (Å²) in [6.07, 6.45) is 6.03. The summed E-state index contributed by atoms with van der Waals surface area (Å²) >= 11 is 6.97. The number of aryl methyl sites for hydroxylation is 1. The van der Waals surface area contributed by atoms with Crippen LogP contribution in [-0.2, 0) is 41.7 Å². The molecule has 18 heteroatoms. The van der Waals surface area contributed by atoms with Gasteiger partial charge in [-0.05, 0) is 89.3 Å². The molecule has 328 valence electrons. The number of fused-ring (bicyclic) bond motifs is 1. The smallest absolute Gasteiger partial charge is 0.753 e. The van der Waals surface area contributed by atoms with Gasteiger partial charge in [0.25, 0.3) is 12.9 Å². The number of thiophene rings is 2. The molecule has 0 aliphatic rings. The Labute approximate surface area is 397 Å². The Morgan fingerprint density at radius 1 is 0.785 bits per heavy atom. The Morgan fingerprint density at radius 2 is 1.46 bits per heavy atom. The van der Waals surface area contributed by atoms with E-state index in [1.54, 1.807) is 65.4 Å². The zero-order valence-electron chi connectivity index (χ0n) is 34.1. The van der Waals surface area contributed by atoms with E-state index in [1.807, 2.05) is 30.3 Å². The number of alkyl halides is 3. The molecule has 0 N–H and O–H groups in total.